The van der Waals surface area contributed by atoms with E-state index in [0.717, 1.165) is 19.3 Å². The Morgan fingerprint density at radius 2 is 1.78 bits per heavy atom. The van der Waals surface area contributed by atoms with E-state index in [2.05, 4.69) is 6.92 Å². The predicted octanol–water partition coefficient (Wildman–Crippen LogP) is 3.25. The fourth-order valence-electron chi connectivity index (χ4n) is 1.76. The Hall–Kier alpha value is -1.06. The van der Waals surface area contributed by atoms with E-state index in [9.17, 15) is 14.7 Å². The summed E-state index contributed by atoms with van der Waals surface area (Å²) in [5, 5.41) is 9.18. The summed E-state index contributed by atoms with van der Waals surface area (Å²) in [6.07, 6.45) is 3.39. The number of carboxylic acid groups (broad SMARTS) is 1. The van der Waals surface area contributed by atoms with E-state index in [1.807, 2.05) is 0 Å². The van der Waals surface area contributed by atoms with Gasteiger partial charge < -0.3 is 9.84 Å². The van der Waals surface area contributed by atoms with Crippen LogP contribution in [-0.2, 0) is 14.3 Å². The lowest BCUT2D eigenvalue weighted by atomic mass is 9.89. The van der Waals surface area contributed by atoms with Crippen LogP contribution in [0.25, 0.3) is 0 Å². The average Bonchev–Trinajstić information content (AvgIpc) is 2.20. The number of carbonyl (C=O) groups excluding carboxylic acids is 1. The van der Waals surface area contributed by atoms with Gasteiger partial charge in [-0.25, -0.2) is 0 Å². The first kappa shape index (κ1) is 16.9. The number of hydrogen-bond acceptors (Lipinski definition) is 3. The number of ether oxygens (including phenoxy) is 1. The molecule has 0 saturated carbocycles. The minimum atomic E-state index is -0.913. The highest BCUT2D eigenvalue weighted by Crippen LogP contribution is 2.23. The van der Waals surface area contributed by atoms with Crippen LogP contribution in [0.3, 0.4) is 0 Å². The van der Waals surface area contributed by atoms with Crippen LogP contribution in [-0.4, -0.2) is 22.6 Å². The van der Waals surface area contributed by atoms with Gasteiger partial charge in [0.25, 0.3) is 0 Å². The van der Waals surface area contributed by atoms with Gasteiger partial charge in [0.1, 0.15) is 5.60 Å². The maximum Gasteiger partial charge on any atom is 0.310 e. The Bertz CT molecular complexity index is 278. The Morgan fingerprint density at radius 3 is 2.17 bits per heavy atom. The molecule has 106 valence electrons. The lowest BCUT2D eigenvalue weighted by Crippen LogP contribution is -2.34. The standard InChI is InChI=1S/C14H26O4/c1-6-7-8-9-11(12(15)16)10(2)13(17)18-14(3,4)5/h10-11H,6-9H2,1-5H3,(H,15,16). The molecule has 0 aliphatic heterocycles. The van der Waals surface area contributed by atoms with Crippen molar-refractivity contribution >= 4 is 11.9 Å². The molecule has 2 atom stereocenters. The fraction of sp³-hybridized carbons (Fsp3) is 0.857. The van der Waals surface area contributed by atoms with Crippen molar-refractivity contribution in [3.8, 4) is 0 Å². The van der Waals surface area contributed by atoms with Crippen molar-refractivity contribution in [1.82, 2.24) is 0 Å². The molecule has 0 saturated heterocycles. The van der Waals surface area contributed by atoms with Crippen LogP contribution in [0.2, 0.25) is 0 Å². The molecule has 0 spiro atoms. The summed E-state index contributed by atoms with van der Waals surface area (Å²) in [5.41, 5.74) is -0.572. The van der Waals surface area contributed by atoms with Gasteiger partial charge in [0.05, 0.1) is 11.8 Å². The summed E-state index contributed by atoms with van der Waals surface area (Å²) >= 11 is 0. The molecule has 18 heavy (non-hydrogen) atoms. The van der Waals surface area contributed by atoms with Crippen LogP contribution in [0.15, 0.2) is 0 Å². The number of hydrogen-bond donors (Lipinski definition) is 1. The number of carboxylic acids is 1. The molecule has 1 N–H and O–H groups in total. The van der Waals surface area contributed by atoms with E-state index >= 15 is 0 Å². The van der Waals surface area contributed by atoms with Crippen LogP contribution in [0.5, 0.6) is 0 Å². The number of carbonyl (C=O) groups is 2. The van der Waals surface area contributed by atoms with Gasteiger partial charge in [-0.15, -0.1) is 0 Å². The highest BCUT2D eigenvalue weighted by Gasteiger charge is 2.32. The fourth-order valence-corrected chi connectivity index (χ4v) is 1.76. The van der Waals surface area contributed by atoms with E-state index in [0.29, 0.717) is 6.42 Å². The summed E-state index contributed by atoms with van der Waals surface area (Å²) in [6.45, 7) is 9.05. The van der Waals surface area contributed by atoms with Gasteiger partial charge >= 0.3 is 11.9 Å². The summed E-state index contributed by atoms with van der Waals surface area (Å²) < 4.78 is 5.23. The van der Waals surface area contributed by atoms with Crippen molar-refractivity contribution < 1.29 is 19.4 Å². The normalized spacial score (nSPS) is 14.9. The molecule has 0 amide bonds. The van der Waals surface area contributed by atoms with Gasteiger partial charge in [0, 0.05) is 0 Å². The largest absolute Gasteiger partial charge is 0.481 e. The van der Waals surface area contributed by atoms with E-state index in [4.69, 9.17) is 4.74 Å². The van der Waals surface area contributed by atoms with Crippen molar-refractivity contribution in [2.75, 3.05) is 0 Å². The quantitative estimate of drug-likeness (QED) is 0.562. The number of esters is 1. The molecule has 0 fully saturated rings. The lowest BCUT2D eigenvalue weighted by Gasteiger charge is -2.25. The smallest absolute Gasteiger partial charge is 0.310 e. The number of unbranched alkanes of at least 4 members (excludes halogenated alkanes) is 2. The molecule has 0 aromatic carbocycles. The molecular weight excluding hydrogens is 232 g/mol. The summed E-state index contributed by atoms with van der Waals surface area (Å²) in [7, 11) is 0. The minimum absolute atomic E-state index is 0.425. The van der Waals surface area contributed by atoms with Crippen molar-refractivity contribution in [1.29, 1.82) is 0 Å². The maximum absolute atomic E-state index is 11.9. The first-order valence-corrected chi connectivity index (χ1v) is 6.64. The van der Waals surface area contributed by atoms with Crippen molar-refractivity contribution in [2.45, 2.75) is 65.9 Å². The topological polar surface area (TPSA) is 63.6 Å². The van der Waals surface area contributed by atoms with E-state index in [-0.39, 0.29) is 0 Å². The first-order valence-electron chi connectivity index (χ1n) is 6.64. The maximum atomic E-state index is 11.9. The summed E-state index contributed by atoms with van der Waals surface area (Å²) in [4.78, 5) is 23.0. The van der Waals surface area contributed by atoms with Crippen molar-refractivity contribution in [3.05, 3.63) is 0 Å². The molecule has 2 unspecified atom stereocenters. The SMILES string of the molecule is CCCCCC(C(=O)O)C(C)C(=O)OC(C)(C)C. The zero-order valence-electron chi connectivity index (χ0n) is 12.2. The van der Waals surface area contributed by atoms with Crippen LogP contribution in [0.1, 0.15) is 60.3 Å². The van der Waals surface area contributed by atoms with Gasteiger partial charge in [0.15, 0.2) is 0 Å². The van der Waals surface area contributed by atoms with E-state index in [1.54, 1.807) is 27.7 Å². The highest BCUT2D eigenvalue weighted by atomic mass is 16.6. The predicted molar refractivity (Wildman–Crippen MR) is 70.3 cm³/mol. The third-order valence-corrected chi connectivity index (χ3v) is 2.82. The van der Waals surface area contributed by atoms with Crippen LogP contribution in [0.4, 0.5) is 0 Å². The number of aliphatic carboxylic acids is 1. The second-order valence-corrected chi connectivity index (χ2v) is 5.76. The van der Waals surface area contributed by atoms with Gasteiger partial charge in [-0.3, -0.25) is 9.59 Å². The van der Waals surface area contributed by atoms with Gasteiger partial charge in [0.2, 0.25) is 0 Å². The summed E-state index contributed by atoms with van der Waals surface area (Å²) in [5.74, 6) is -2.58. The van der Waals surface area contributed by atoms with E-state index < -0.39 is 29.4 Å². The van der Waals surface area contributed by atoms with Gasteiger partial charge in [-0.2, -0.15) is 0 Å². The molecular formula is C14H26O4. The third-order valence-electron chi connectivity index (χ3n) is 2.82. The molecule has 0 aromatic rings. The first-order chi connectivity index (χ1) is 8.19. The highest BCUT2D eigenvalue weighted by molar-refractivity contribution is 5.80. The molecule has 0 radical (unpaired) electrons. The number of rotatable bonds is 7. The monoisotopic (exact) mass is 258 g/mol. The van der Waals surface area contributed by atoms with Crippen molar-refractivity contribution in [2.24, 2.45) is 11.8 Å². The summed E-state index contributed by atoms with van der Waals surface area (Å²) in [6, 6.07) is 0. The molecule has 4 nitrogen and oxygen atoms in total. The second-order valence-electron chi connectivity index (χ2n) is 5.76. The molecule has 0 rings (SSSR count). The molecule has 0 aliphatic rings. The minimum Gasteiger partial charge on any atom is -0.481 e. The molecule has 0 bridgehead atoms. The Kier molecular flexibility index (Phi) is 6.96. The van der Waals surface area contributed by atoms with Crippen LogP contribution in [0, 0.1) is 11.8 Å². The lowest BCUT2D eigenvalue weighted by molar-refractivity contribution is -0.166. The Balaban J connectivity index is 4.51. The molecule has 0 aliphatic carbocycles. The van der Waals surface area contributed by atoms with Crippen LogP contribution >= 0.6 is 0 Å². The van der Waals surface area contributed by atoms with Gasteiger partial charge in [-0.05, 0) is 27.2 Å². The second kappa shape index (κ2) is 7.39. The van der Waals surface area contributed by atoms with Gasteiger partial charge in [-0.1, -0.05) is 33.1 Å². The Morgan fingerprint density at radius 1 is 1.22 bits per heavy atom. The van der Waals surface area contributed by atoms with E-state index in [1.165, 1.54) is 0 Å². The zero-order chi connectivity index (χ0) is 14.3. The van der Waals surface area contributed by atoms with Crippen molar-refractivity contribution in [3.63, 3.8) is 0 Å². The molecule has 0 aromatic heterocycles. The Labute approximate surface area is 110 Å². The molecule has 4 heteroatoms. The third kappa shape index (κ3) is 6.62. The van der Waals surface area contributed by atoms with Crippen LogP contribution < -0.4 is 0 Å². The zero-order valence-corrected chi connectivity index (χ0v) is 12.2. The molecule has 0 heterocycles. The average molecular weight is 258 g/mol.